The van der Waals surface area contributed by atoms with Crippen LogP contribution in [0.5, 0.6) is 0 Å². The molecule has 1 amide bonds. The molecular weight excluding hydrogens is 279 g/mol. The number of carbonyl (C=O) groups is 1. The first-order valence-electron chi connectivity index (χ1n) is 6.61. The molecule has 1 rings (SSSR count). The number of hydrogen-bond donors (Lipinski definition) is 2. The number of nitrogens with one attached hydrogen (secondary N) is 1. The van der Waals surface area contributed by atoms with Gasteiger partial charge in [0.05, 0.1) is 0 Å². The van der Waals surface area contributed by atoms with Gasteiger partial charge in [0.15, 0.2) is 0 Å². The van der Waals surface area contributed by atoms with Crippen LogP contribution in [0.15, 0.2) is 24.3 Å². The highest BCUT2D eigenvalue weighted by Gasteiger charge is 2.22. The Hall–Kier alpha value is -1.13. The lowest BCUT2D eigenvalue weighted by Crippen LogP contribution is -2.50. The van der Waals surface area contributed by atoms with Gasteiger partial charge in [0.25, 0.3) is 0 Å². The van der Waals surface area contributed by atoms with Crippen molar-refractivity contribution in [2.24, 2.45) is 11.7 Å². The molecule has 20 heavy (non-hydrogen) atoms. The standard InChI is InChI=1S/C15H23FN2O.ClH/c1-11(14(19)18-15(2,3)10-17)8-9-12-6-4-5-7-13(12)16;/h4-7,11H,8-10,17H2,1-3H3,(H,18,19);1H. The van der Waals surface area contributed by atoms with E-state index in [9.17, 15) is 9.18 Å². The third kappa shape index (κ3) is 5.88. The van der Waals surface area contributed by atoms with Gasteiger partial charge in [-0.15, -0.1) is 12.4 Å². The number of aryl methyl sites for hydroxylation is 1. The van der Waals surface area contributed by atoms with Gasteiger partial charge in [-0.3, -0.25) is 4.79 Å². The first kappa shape index (κ1) is 18.9. The summed E-state index contributed by atoms with van der Waals surface area (Å²) >= 11 is 0. The number of amides is 1. The smallest absolute Gasteiger partial charge is 0.223 e. The van der Waals surface area contributed by atoms with E-state index in [-0.39, 0.29) is 30.0 Å². The average molecular weight is 303 g/mol. The lowest BCUT2D eigenvalue weighted by molar-refractivity contribution is -0.126. The Morgan fingerprint density at radius 2 is 2.00 bits per heavy atom. The Balaban J connectivity index is 0.00000361. The highest BCUT2D eigenvalue weighted by Crippen LogP contribution is 2.14. The predicted octanol–water partition coefficient (Wildman–Crippen LogP) is 2.67. The van der Waals surface area contributed by atoms with Crippen molar-refractivity contribution >= 4 is 18.3 Å². The van der Waals surface area contributed by atoms with Crippen molar-refractivity contribution < 1.29 is 9.18 Å². The normalized spacial score (nSPS) is 12.4. The van der Waals surface area contributed by atoms with Gasteiger partial charge < -0.3 is 11.1 Å². The van der Waals surface area contributed by atoms with Crippen LogP contribution in [0.1, 0.15) is 32.8 Å². The zero-order chi connectivity index (χ0) is 14.5. The second-order valence-corrected chi connectivity index (χ2v) is 5.61. The van der Waals surface area contributed by atoms with Gasteiger partial charge in [0.2, 0.25) is 5.91 Å². The van der Waals surface area contributed by atoms with Crippen LogP contribution in [0.25, 0.3) is 0 Å². The van der Waals surface area contributed by atoms with Crippen LogP contribution in [0, 0.1) is 11.7 Å². The van der Waals surface area contributed by atoms with E-state index in [1.807, 2.05) is 20.8 Å². The van der Waals surface area contributed by atoms with E-state index in [2.05, 4.69) is 5.32 Å². The lowest BCUT2D eigenvalue weighted by Gasteiger charge is -2.26. The van der Waals surface area contributed by atoms with Gasteiger partial charge >= 0.3 is 0 Å². The van der Waals surface area contributed by atoms with E-state index in [1.165, 1.54) is 6.07 Å². The van der Waals surface area contributed by atoms with Crippen molar-refractivity contribution in [3.05, 3.63) is 35.6 Å². The van der Waals surface area contributed by atoms with E-state index < -0.39 is 5.54 Å². The van der Waals surface area contributed by atoms with Crippen LogP contribution in [0.2, 0.25) is 0 Å². The summed E-state index contributed by atoms with van der Waals surface area (Å²) in [4.78, 5) is 12.0. The third-order valence-electron chi connectivity index (χ3n) is 3.22. The maximum Gasteiger partial charge on any atom is 0.223 e. The van der Waals surface area contributed by atoms with E-state index in [4.69, 9.17) is 5.73 Å². The quantitative estimate of drug-likeness (QED) is 0.849. The molecule has 0 aliphatic rings. The van der Waals surface area contributed by atoms with E-state index in [1.54, 1.807) is 18.2 Å². The molecule has 0 fully saturated rings. The average Bonchev–Trinajstić information content (AvgIpc) is 2.37. The number of nitrogens with two attached hydrogens (primary N) is 1. The third-order valence-corrected chi connectivity index (χ3v) is 3.22. The molecule has 0 bridgehead atoms. The van der Waals surface area contributed by atoms with Gasteiger partial charge in [-0.05, 0) is 38.3 Å². The number of halogens is 2. The summed E-state index contributed by atoms with van der Waals surface area (Å²) in [7, 11) is 0. The maximum absolute atomic E-state index is 13.4. The Kier molecular flexibility index (Phi) is 7.76. The molecule has 1 unspecified atom stereocenters. The summed E-state index contributed by atoms with van der Waals surface area (Å²) in [5, 5.41) is 2.90. The monoisotopic (exact) mass is 302 g/mol. The second kappa shape index (κ2) is 8.22. The number of hydrogen-bond acceptors (Lipinski definition) is 2. The largest absolute Gasteiger partial charge is 0.350 e. The van der Waals surface area contributed by atoms with Crippen molar-refractivity contribution in [1.82, 2.24) is 5.32 Å². The number of carbonyl (C=O) groups excluding carboxylic acids is 1. The maximum atomic E-state index is 13.4. The Labute approximate surface area is 126 Å². The van der Waals surface area contributed by atoms with Gasteiger partial charge in [-0.2, -0.15) is 0 Å². The van der Waals surface area contributed by atoms with Crippen molar-refractivity contribution in [3.63, 3.8) is 0 Å². The molecule has 0 saturated carbocycles. The van der Waals surface area contributed by atoms with E-state index in [0.717, 1.165) is 0 Å². The Morgan fingerprint density at radius 3 is 2.55 bits per heavy atom. The van der Waals surface area contributed by atoms with Gasteiger partial charge in [-0.1, -0.05) is 25.1 Å². The molecule has 0 aromatic heterocycles. The summed E-state index contributed by atoms with van der Waals surface area (Å²) in [5.41, 5.74) is 5.83. The predicted molar refractivity (Wildman–Crippen MR) is 82.4 cm³/mol. The topological polar surface area (TPSA) is 55.1 Å². The molecule has 114 valence electrons. The molecule has 0 saturated heterocycles. The highest BCUT2D eigenvalue weighted by atomic mass is 35.5. The second-order valence-electron chi connectivity index (χ2n) is 5.61. The molecule has 3 nitrogen and oxygen atoms in total. The summed E-state index contributed by atoms with van der Waals surface area (Å²) in [6.45, 7) is 6.00. The molecule has 0 spiro atoms. The van der Waals surface area contributed by atoms with Crippen LogP contribution in [0.3, 0.4) is 0 Å². The minimum Gasteiger partial charge on any atom is -0.350 e. The fourth-order valence-electron chi connectivity index (χ4n) is 1.71. The first-order valence-corrected chi connectivity index (χ1v) is 6.61. The van der Waals surface area contributed by atoms with Crippen LogP contribution in [-0.2, 0) is 11.2 Å². The molecule has 0 heterocycles. The number of benzene rings is 1. The minimum absolute atomic E-state index is 0. The fraction of sp³-hybridized carbons (Fsp3) is 0.533. The molecule has 0 aliphatic carbocycles. The molecule has 0 radical (unpaired) electrons. The summed E-state index contributed by atoms with van der Waals surface area (Å²) in [6.07, 6.45) is 1.18. The molecule has 3 N–H and O–H groups in total. The highest BCUT2D eigenvalue weighted by molar-refractivity contribution is 5.85. The Bertz CT molecular complexity index is 438. The molecule has 5 heteroatoms. The summed E-state index contributed by atoms with van der Waals surface area (Å²) in [5.74, 6) is -0.408. The SMILES string of the molecule is CC(CCc1ccccc1F)C(=O)NC(C)(C)CN.Cl. The van der Waals surface area contributed by atoms with E-state index >= 15 is 0 Å². The Morgan fingerprint density at radius 1 is 1.40 bits per heavy atom. The van der Waals surface area contributed by atoms with Crippen LogP contribution >= 0.6 is 12.4 Å². The molecule has 1 atom stereocenters. The minimum atomic E-state index is -0.399. The van der Waals surface area contributed by atoms with Gasteiger partial charge in [-0.25, -0.2) is 4.39 Å². The number of rotatable bonds is 6. The van der Waals surface area contributed by atoms with Crippen LogP contribution < -0.4 is 11.1 Å². The van der Waals surface area contributed by atoms with Crippen molar-refractivity contribution in [1.29, 1.82) is 0 Å². The molecular formula is C15H24ClFN2O. The molecule has 0 aliphatic heterocycles. The van der Waals surface area contributed by atoms with Crippen LogP contribution in [0.4, 0.5) is 4.39 Å². The zero-order valence-corrected chi connectivity index (χ0v) is 13.1. The van der Waals surface area contributed by atoms with Crippen molar-refractivity contribution in [2.75, 3.05) is 6.54 Å². The zero-order valence-electron chi connectivity index (χ0n) is 12.3. The first-order chi connectivity index (χ1) is 8.85. The fourth-order valence-corrected chi connectivity index (χ4v) is 1.71. The van der Waals surface area contributed by atoms with Crippen LogP contribution in [-0.4, -0.2) is 18.0 Å². The lowest BCUT2D eigenvalue weighted by atomic mass is 9.98. The summed E-state index contributed by atoms with van der Waals surface area (Å²) in [6, 6.07) is 6.67. The van der Waals surface area contributed by atoms with Crippen molar-refractivity contribution in [2.45, 2.75) is 39.2 Å². The molecule has 1 aromatic carbocycles. The van der Waals surface area contributed by atoms with Crippen molar-refractivity contribution in [3.8, 4) is 0 Å². The van der Waals surface area contributed by atoms with Gasteiger partial charge in [0, 0.05) is 18.0 Å². The van der Waals surface area contributed by atoms with E-state index in [0.29, 0.717) is 24.9 Å². The summed E-state index contributed by atoms with van der Waals surface area (Å²) < 4.78 is 13.4. The molecule has 1 aromatic rings. The van der Waals surface area contributed by atoms with Gasteiger partial charge in [0.1, 0.15) is 5.82 Å².